The highest BCUT2D eigenvalue weighted by atomic mass is 16.1. The summed E-state index contributed by atoms with van der Waals surface area (Å²) in [5.41, 5.74) is 0. The predicted octanol–water partition coefficient (Wildman–Crippen LogP) is 1.35. The van der Waals surface area contributed by atoms with Crippen molar-refractivity contribution in [1.29, 1.82) is 0 Å². The first-order chi connectivity index (χ1) is 3.31. The lowest BCUT2D eigenvalue weighted by Gasteiger charge is -1.97. The van der Waals surface area contributed by atoms with Crippen molar-refractivity contribution in [2.75, 3.05) is 0 Å². The van der Waals surface area contributed by atoms with Crippen LogP contribution >= 0.6 is 0 Å². The summed E-state index contributed by atoms with van der Waals surface area (Å²) < 4.78 is 0. The molecule has 2 radical (unpaired) electrons. The van der Waals surface area contributed by atoms with Crippen LogP contribution in [-0.2, 0) is 4.79 Å². The van der Waals surface area contributed by atoms with Gasteiger partial charge in [-0.3, -0.25) is 4.79 Å². The van der Waals surface area contributed by atoms with Crippen molar-refractivity contribution in [3.63, 3.8) is 0 Å². The van der Waals surface area contributed by atoms with E-state index in [1.54, 1.807) is 6.29 Å². The molecule has 0 aromatic carbocycles. The van der Waals surface area contributed by atoms with Crippen LogP contribution in [0.3, 0.4) is 0 Å². The Hall–Kier alpha value is -0.330. The van der Waals surface area contributed by atoms with Gasteiger partial charge in [0.1, 0.15) is 0 Å². The fourth-order valence-corrected chi connectivity index (χ4v) is 0.262. The van der Waals surface area contributed by atoms with Crippen LogP contribution in [0.5, 0.6) is 0 Å². The first-order valence-electron chi connectivity index (χ1n) is 2.49. The second kappa shape index (κ2) is 3.85. The molecule has 0 aliphatic carbocycles. The van der Waals surface area contributed by atoms with E-state index < -0.39 is 0 Å². The molecule has 0 spiro atoms. The highest BCUT2D eigenvalue weighted by Crippen LogP contribution is 2.01. The number of hydrogen-bond donors (Lipinski definition) is 0. The Kier molecular flexibility index (Phi) is 3.67. The fourth-order valence-electron chi connectivity index (χ4n) is 0.262. The average molecular weight is 98.1 g/mol. The largest absolute Gasteiger partial charge is 0.291 e. The van der Waals surface area contributed by atoms with Gasteiger partial charge in [-0.05, 0) is 12.8 Å². The average Bonchev–Trinajstić information content (AvgIpc) is 1.68. The van der Waals surface area contributed by atoms with Gasteiger partial charge in [-0.15, -0.1) is 0 Å². The smallest absolute Gasteiger partial charge is 0.198 e. The van der Waals surface area contributed by atoms with Gasteiger partial charge in [-0.2, -0.15) is 0 Å². The number of carbonyl (C=O) groups excluding carboxylic acids is 1. The van der Waals surface area contributed by atoms with E-state index in [-0.39, 0.29) is 5.92 Å². The van der Waals surface area contributed by atoms with Gasteiger partial charge in [-0.25, -0.2) is 0 Å². The number of rotatable bonds is 3. The lowest BCUT2D eigenvalue weighted by atomic mass is 10.1. The molecule has 1 nitrogen and oxygen atoms in total. The third kappa shape index (κ3) is 3.50. The SMILES string of the molecule is [CH2]C(CC)C[C]=O. The van der Waals surface area contributed by atoms with Crippen molar-refractivity contribution in [3.8, 4) is 0 Å². The van der Waals surface area contributed by atoms with Gasteiger partial charge in [0.25, 0.3) is 0 Å². The molecular weight excluding hydrogens is 88.1 g/mol. The van der Waals surface area contributed by atoms with Gasteiger partial charge >= 0.3 is 0 Å². The van der Waals surface area contributed by atoms with Crippen molar-refractivity contribution in [2.45, 2.75) is 19.8 Å². The van der Waals surface area contributed by atoms with Crippen LogP contribution < -0.4 is 0 Å². The van der Waals surface area contributed by atoms with Gasteiger partial charge < -0.3 is 0 Å². The van der Waals surface area contributed by atoms with Gasteiger partial charge in [-0.1, -0.05) is 13.3 Å². The first kappa shape index (κ1) is 6.67. The summed E-state index contributed by atoms with van der Waals surface area (Å²) in [6.07, 6.45) is 3.26. The van der Waals surface area contributed by atoms with Crippen LogP contribution in [0, 0.1) is 12.8 Å². The Morgan fingerprint density at radius 2 is 2.43 bits per heavy atom. The molecule has 7 heavy (non-hydrogen) atoms. The maximum Gasteiger partial charge on any atom is 0.198 e. The molecule has 0 saturated carbocycles. The molecular formula is C6H10O. The zero-order valence-corrected chi connectivity index (χ0v) is 4.61. The lowest BCUT2D eigenvalue weighted by Crippen LogP contribution is -1.91. The third-order valence-electron chi connectivity index (χ3n) is 0.949. The van der Waals surface area contributed by atoms with E-state index >= 15 is 0 Å². The van der Waals surface area contributed by atoms with E-state index in [2.05, 4.69) is 6.92 Å². The third-order valence-corrected chi connectivity index (χ3v) is 0.949. The normalized spacial score (nSPS) is 13.4. The van der Waals surface area contributed by atoms with Crippen molar-refractivity contribution in [3.05, 3.63) is 6.92 Å². The molecule has 0 aromatic rings. The van der Waals surface area contributed by atoms with Crippen LogP contribution in [-0.4, -0.2) is 6.29 Å². The molecule has 0 fully saturated rings. The van der Waals surface area contributed by atoms with Crippen LogP contribution in [0.1, 0.15) is 19.8 Å². The second-order valence-electron chi connectivity index (χ2n) is 1.62. The van der Waals surface area contributed by atoms with Gasteiger partial charge in [0.2, 0.25) is 0 Å². The van der Waals surface area contributed by atoms with E-state index in [4.69, 9.17) is 0 Å². The highest BCUT2D eigenvalue weighted by molar-refractivity contribution is 5.50. The first-order valence-corrected chi connectivity index (χ1v) is 2.49. The van der Waals surface area contributed by atoms with Crippen molar-refractivity contribution in [2.24, 2.45) is 5.92 Å². The molecule has 0 aliphatic rings. The van der Waals surface area contributed by atoms with E-state index in [1.807, 2.05) is 6.92 Å². The Balaban J connectivity index is 2.98. The summed E-state index contributed by atoms with van der Waals surface area (Å²) in [6.45, 7) is 5.69. The molecule has 0 amide bonds. The zero-order valence-electron chi connectivity index (χ0n) is 4.61. The summed E-state index contributed by atoms with van der Waals surface area (Å²) in [6, 6.07) is 0. The Morgan fingerprint density at radius 3 is 2.57 bits per heavy atom. The van der Waals surface area contributed by atoms with Gasteiger partial charge in [0, 0.05) is 6.42 Å². The van der Waals surface area contributed by atoms with Crippen molar-refractivity contribution < 1.29 is 4.79 Å². The van der Waals surface area contributed by atoms with E-state index in [9.17, 15) is 4.79 Å². The van der Waals surface area contributed by atoms with E-state index in [1.165, 1.54) is 0 Å². The molecule has 0 saturated heterocycles. The molecule has 1 heteroatoms. The molecule has 0 heterocycles. The van der Waals surface area contributed by atoms with Crippen molar-refractivity contribution >= 4 is 6.29 Å². The Labute approximate surface area is 44.7 Å². The maximum absolute atomic E-state index is 9.61. The molecule has 0 bridgehead atoms. The van der Waals surface area contributed by atoms with Crippen LogP contribution in [0.25, 0.3) is 0 Å². The summed E-state index contributed by atoms with van der Waals surface area (Å²) in [5.74, 6) is 0.275. The summed E-state index contributed by atoms with van der Waals surface area (Å²) in [5, 5.41) is 0. The second-order valence-corrected chi connectivity index (χ2v) is 1.62. The van der Waals surface area contributed by atoms with Crippen LogP contribution in [0.4, 0.5) is 0 Å². The summed E-state index contributed by atoms with van der Waals surface area (Å²) in [4.78, 5) is 9.61. The van der Waals surface area contributed by atoms with Gasteiger partial charge in [0.15, 0.2) is 6.29 Å². The van der Waals surface area contributed by atoms with Crippen LogP contribution in [0.2, 0.25) is 0 Å². The molecule has 1 unspecified atom stereocenters. The predicted molar refractivity (Wildman–Crippen MR) is 29.4 cm³/mol. The highest BCUT2D eigenvalue weighted by Gasteiger charge is 1.94. The van der Waals surface area contributed by atoms with Gasteiger partial charge in [0.05, 0.1) is 0 Å². The topological polar surface area (TPSA) is 17.1 Å². The maximum atomic E-state index is 9.61. The Bertz CT molecular complexity index is 50.1. The minimum atomic E-state index is 0.275. The summed E-state index contributed by atoms with van der Waals surface area (Å²) >= 11 is 0. The Morgan fingerprint density at radius 1 is 1.86 bits per heavy atom. The summed E-state index contributed by atoms with van der Waals surface area (Å²) in [7, 11) is 0. The lowest BCUT2D eigenvalue weighted by molar-refractivity contribution is 0.532. The molecule has 1 atom stereocenters. The monoisotopic (exact) mass is 98.1 g/mol. The molecule has 0 aliphatic heterocycles. The minimum Gasteiger partial charge on any atom is -0.291 e. The molecule has 0 aromatic heterocycles. The van der Waals surface area contributed by atoms with E-state index in [0.29, 0.717) is 6.42 Å². The molecule has 0 N–H and O–H groups in total. The molecule has 0 rings (SSSR count). The quantitative estimate of drug-likeness (QED) is 0.520. The zero-order chi connectivity index (χ0) is 5.70. The van der Waals surface area contributed by atoms with E-state index in [0.717, 1.165) is 6.42 Å². The minimum absolute atomic E-state index is 0.275. The fraction of sp³-hybridized carbons (Fsp3) is 0.667. The standard InChI is InChI=1S/C6H10O/c1-3-6(2)4-5-7/h6H,2-4H2,1H3. The number of hydrogen-bond acceptors (Lipinski definition) is 1. The van der Waals surface area contributed by atoms with Crippen LogP contribution in [0.15, 0.2) is 0 Å². The van der Waals surface area contributed by atoms with Crippen molar-refractivity contribution in [1.82, 2.24) is 0 Å². The molecule has 40 valence electrons.